The Labute approximate surface area is 95.3 Å². The second kappa shape index (κ2) is 4.35. The maximum absolute atomic E-state index is 4.04. The quantitative estimate of drug-likeness (QED) is 0.853. The molecule has 0 saturated heterocycles. The maximum Gasteiger partial charge on any atom is 0.102 e. The van der Waals surface area contributed by atoms with Crippen LogP contribution in [0.2, 0.25) is 0 Å². The molecule has 0 amide bonds. The van der Waals surface area contributed by atoms with Crippen LogP contribution >= 0.6 is 0 Å². The lowest BCUT2D eigenvalue weighted by atomic mass is 10.1. The van der Waals surface area contributed by atoms with Crippen molar-refractivity contribution in [2.24, 2.45) is 7.05 Å². The summed E-state index contributed by atoms with van der Waals surface area (Å²) in [6.07, 6.45) is 1.92. The molecule has 84 valence electrons. The highest BCUT2D eigenvalue weighted by Crippen LogP contribution is 2.19. The fourth-order valence-corrected chi connectivity index (χ4v) is 1.75. The Balaban J connectivity index is 2.10. The van der Waals surface area contributed by atoms with E-state index >= 15 is 0 Å². The summed E-state index contributed by atoms with van der Waals surface area (Å²) in [6, 6.07) is 6.27. The van der Waals surface area contributed by atoms with Crippen LogP contribution < -0.4 is 5.32 Å². The summed E-state index contributed by atoms with van der Waals surface area (Å²) in [5, 5.41) is 11.3. The second-order valence-electron chi connectivity index (χ2n) is 4.00. The van der Waals surface area contributed by atoms with Crippen molar-refractivity contribution in [1.29, 1.82) is 0 Å². The van der Waals surface area contributed by atoms with Crippen molar-refractivity contribution < 1.29 is 0 Å². The van der Waals surface area contributed by atoms with E-state index in [1.807, 2.05) is 13.2 Å². The SMILES string of the molecule is Cc1cccc(C)c1NCc1cn(C)nn1. The summed E-state index contributed by atoms with van der Waals surface area (Å²) in [4.78, 5) is 0. The molecular weight excluding hydrogens is 200 g/mol. The Morgan fingerprint density at radius 3 is 2.50 bits per heavy atom. The average Bonchev–Trinajstić information content (AvgIpc) is 2.63. The molecule has 1 heterocycles. The number of anilines is 1. The van der Waals surface area contributed by atoms with Gasteiger partial charge in [0.05, 0.1) is 6.54 Å². The smallest absolute Gasteiger partial charge is 0.102 e. The first-order chi connectivity index (χ1) is 7.66. The van der Waals surface area contributed by atoms with Crippen molar-refractivity contribution in [3.05, 3.63) is 41.2 Å². The molecule has 1 aromatic heterocycles. The zero-order chi connectivity index (χ0) is 11.5. The lowest BCUT2D eigenvalue weighted by Gasteiger charge is -2.10. The lowest BCUT2D eigenvalue weighted by molar-refractivity contribution is 0.713. The van der Waals surface area contributed by atoms with Crippen molar-refractivity contribution in [1.82, 2.24) is 15.0 Å². The van der Waals surface area contributed by atoms with E-state index in [0.29, 0.717) is 6.54 Å². The predicted molar refractivity (Wildman–Crippen MR) is 64.2 cm³/mol. The molecule has 0 saturated carbocycles. The van der Waals surface area contributed by atoms with Gasteiger partial charge in [-0.05, 0) is 25.0 Å². The number of hydrogen-bond donors (Lipinski definition) is 1. The number of benzene rings is 1. The van der Waals surface area contributed by atoms with E-state index < -0.39 is 0 Å². The molecule has 0 aliphatic carbocycles. The predicted octanol–water partition coefficient (Wildman–Crippen LogP) is 2.04. The van der Waals surface area contributed by atoms with Gasteiger partial charge in [-0.25, -0.2) is 0 Å². The molecule has 2 rings (SSSR count). The monoisotopic (exact) mass is 216 g/mol. The Hall–Kier alpha value is -1.84. The summed E-state index contributed by atoms with van der Waals surface area (Å²) < 4.78 is 1.71. The summed E-state index contributed by atoms with van der Waals surface area (Å²) in [5.41, 5.74) is 4.64. The third kappa shape index (κ3) is 2.21. The van der Waals surface area contributed by atoms with E-state index in [-0.39, 0.29) is 0 Å². The fourth-order valence-electron chi connectivity index (χ4n) is 1.75. The molecule has 0 fully saturated rings. The topological polar surface area (TPSA) is 42.7 Å². The molecule has 0 aliphatic rings. The van der Waals surface area contributed by atoms with Gasteiger partial charge in [-0.3, -0.25) is 4.68 Å². The number of aryl methyl sites for hydroxylation is 3. The van der Waals surface area contributed by atoms with E-state index in [4.69, 9.17) is 0 Å². The third-order valence-corrected chi connectivity index (χ3v) is 2.58. The van der Waals surface area contributed by atoms with Crippen molar-refractivity contribution >= 4 is 5.69 Å². The summed E-state index contributed by atoms with van der Waals surface area (Å²) in [7, 11) is 1.87. The van der Waals surface area contributed by atoms with E-state index in [9.17, 15) is 0 Å². The molecule has 16 heavy (non-hydrogen) atoms. The van der Waals surface area contributed by atoms with Gasteiger partial charge in [-0.2, -0.15) is 0 Å². The molecule has 0 atom stereocenters. The molecule has 4 heteroatoms. The molecule has 2 aromatic rings. The molecule has 1 N–H and O–H groups in total. The number of hydrogen-bond acceptors (Lipinski definition) is 3. The van der Waals surface area contributed by atoms with Gasteiger partial charge in [-0.1, -0.05) is 23.4 Å². The van der Waals surface area contributed by atoms with Crippen LogP contribution in [-0.2, 0) is 13.6 Å². The molecule has 1 aromatic carbocycles. The van der Waals surface area contributed by atoms with Gasteiger partial charge in [0.25, 0.3) is 0 Å². The van der Waals surface area contributed by atoms with Gasteiger partial charge in [-0.15, -0.1) is 5.10 Å². The van der Waals surface area contributed by atoms with Gasteiger partial charge < -0.3 is 5.32 Å². The number of aromatic nitrogens is 3. The minimum Gasteiger partial charge on any atom is -0.379 e. The molecule has 0 bridgehead atoms. The van der Waals surface area contributed by atoms with E-state index in [1.165, 1.54) is 16.8 Å². The molecule has 4 nitrogen and oxygen atoms in total. The number of para-hydroxylation sites is 1. The van der Waals surface area contributed by atoms with Crippen molar-refractivity contribution in [3.63, 3.8) is 0 Å². The Morgan fingerprint density at radius 1 is 1.25 bits per heavy atom. The number of nitrogens with zero attached hydrogens (tertiary/aromatic N) is 3. The summed E-state index contributed by atoms with van der Waals surface area (Å²) >= 11 is 0. The van der Waals surface area contributed by atoms with Gasteiger partial charge >= 0.3 is 0 Å². The van der Waals surface area contributed by atoms with E-state index in [2.05, 4.69) is 47.7 Å². The van der Waals surface area contributed by atoms with Gasteiger partial charge in [0.15, 0.2) is 0 Å². The Bertz CT molecular complexity index is 467. The highest BCUT2D eigenvalue weighted by molar-refractivity contribution is 5.56. The zero-order valence-corrected chi connectivity index (χ0v) is 9.86. The summed E-state index contributed by atoms with van der Waals surface area (Å²) in [6.45, 7) is 4.91. The molecule has 0 radical (unpaired) electrons. The van der Waals surface area contributed by atoms with Gasteiger partial charge in [0.2, 0.25) is 0 Å². The first kappa shape index (κ1) is 10.7. The van der Waals surface area contributed by atoms with Gasteiger partial charge in [0.1, 0.15) is 5.69 Å². The first-order valence-corrected chi connectivity index (χ1v) is 5.32. The second-order valence-corrected chi connectivity index (χ2v) is 4.00. The third-order valence-electron chi connectivity index (χ3n) is 2.58. The maximum atomic E-state index is 4.04. The minimum absolute atomic E-state index is 0.708. The van der Waals surface area contributed by atoms with Crippen LogP contribution in [0.25, 0.3) is 0 Å². The zero-order valence-electron chi connectivity index (χ0n) is 9.86. The van der Waals surface area contributed by atoms with Crippen molar-refractivity contribution in [3.8, 4) is 0 Å². The molecule has 0 unspecified atom stereocenters. The molecule has 0 aliphatic heterocycles. The van der Waals surface area contributed by atoms with Crippen molar-refractivity contribution in [2.75, 3.05) is 5.32 Å². The summed E-state index contributed by atoms with van der Waals surface area (Å²) in [5.74, 6) is 0. The normalized spacial score (nSPS) is 10.4. The molecular formula is C12H16N4. The fraction of sp³-hybridized carbons (Fsp3) is 0.333. The van der Waals surface area contributed by atoms with Crippen LogP contribution in [0.15, 0.2) is 24.4 Å². The van der Waals surface area contributed by atoms with Crippen LogP contribution in [0.5, 0.6) is 0 Å². The van der Waals surface area contributed by atoms with Crippen LogP contribution in [0.4, 0.5) is 5.69 Å². The number of rotatable bonds is 3. The largest absolute Gasteiger partial charge is 0.379 e. The van der Waals surface area contributed by atoms with Crippen LogP contribution in [0.1, 0.15) is 16.8 Å². The van der Waals surface area contributed by atoms with Crippen LogP contribution in [-0.4, -0.2) is 15.0 Å². The minimum atomic E-state index is 0.708. The average molecular weight is 216 g/mol. The lowest BCUT2D eigenvalue weighted by Crippen LogP contribution is -2.03. The van der Waals surface area contributed by atoms with E-state index in [1.54, 1.807) is 4.68 Å². The van der Waals surface area contributed by atoms with Gasteiger partial charge in [0, 0.05) is 18.9 Å². The standard InChI is InChI=1S/C12H16N4/c1-9-5-4-6-10(2)12(9)13-7-11-8-16(3)15-14-11/h4-6,8,13H,7H2,1-3H3. The first-order valence-electron chi connectivity index (χ1n) is 5.32. The van der Waals surface area contributed by atoms with E-state index in [0.717, 1.165) is 5.69 Å². The van der Waals surface area contributed by atoms with Crippen molar-refractivity contribution in [2.45, 2.75) is 20.4 Å². The Kier molecular flexibility index (Phi) is 2.90. The van der Waals surface area contributed by atoms with Crippen LogP contribution in [0, 0.1) is 13.8 Å². The number of nitrogens with one attached hydrogen (secondary N) is 1. The highest BCUT2D eigenvalue weighted by Gasteiger charge is 2.03. The highest BCUT2D eigenvalue weighted by atomic mass is 15.4. The van der Waals surface area contributed by atoms with Crippen LogP contribution in [0.3, 0.4) is 0 Å². The Morgan fingerprint density at radius 2 is 1.94 bits per heavy atom. The molecule has 0 spiro atoms.